The molecule has 144 valence electrons. The van der Waals surface area contributed by atoms with Gasteiger partial charge < -0.3 is 15.0 Å². The number of aryl methyl sites for hydroxylation is 1. The Kier molecular flexibility index (Phi) is 7.73. The van der Waals surface area contributed by atoms with Crippen LogP contribution in [-0.4, -0.2) is 42.7 Å². The number of carbonyl (C=O) groups excluding carboxylic acids is 2. The highest BCUT2D eigenvalue weighted by Crippen LogP contribution is 2.21. The summed E-state index contributed by atoms with van der Waals surface area (Å²) >= 11 is 1.47. The molecule has 0 aromatic heterocycles. The molecule has 0 bridgehead atoms. The molecule has 0 saturated carbocycles. The number of nitrogens with one attached hydrogen (secondary N) is 1. The lowest BCUT2D eigenvalue weighted by Gasteiger charge is -2.28. The van der Waals surface area contributed by atoms with Crippen LogP contribution in [0, 0.1) is 6.92 Å². The van der Waals surface area contributed by atoms with E-state index in [9.17, 15) is 9.59 Å². The molecule has 0 aliphatic carbocycles. The van der Waals surface area contributed by atoms with Crippen molar-refractivity contribution in [3.05, 3.63) is 59.7 Å². The van der Waals surface area contributed by atoms with Crippen molar-refractivity contribution in [3.8, 4) is 5.75 Å². The van der Waals surface area contributed by atoms with Crippen LogP contribution in [0.2, 0.25) is 0 Å². The molecule has 2 aromatic carbocycles. The van der Waals surface area contributed by atoms with Crippen LogP contribution in [0.25, 0.3) is 0 Å². The zero-order valence-electron chi connectivity index (χ0n) is 16.2. The molecule has 0 heterocycles. The Labute approximate surface area is 165 Å². The summed E-state index contributed by atoms with van der Waals surface area (Å²) in [6.45, 7) is 4.12. The van der Waals surface area contributed by atoms with E-state index >= 15 is 0 Å². The number of likely N-dealkylation sites (N-methyl/N-ethyl adjacent to an activating group) is 1. The maximum Gasteiger partial charge on any atom is 0.242 e. The molecule has 0 radical (unpaired) electrons. The molecule has 2 rings (SSSR count). The molecule has 0 aliphatic rings. The maximum absolute atomic E-state index is 12.9. The van der Waals surface area contributed by atoms with Crippen molar-refractivity contribution in [2.75, 3.05) is 19.9 Å². The Morgan fingerprint density at radius 1 is 1.19 bits per heavy atom. The second-order valence-corrected chi connectivity index (χ2v) is 7.31. The van der Waals surface area contributed by atoms with Gasteiger partial charge in [0.05, 0.1) is 12.9 Å². The fourth-order valence-electron chi connectivity index (χ4n) is 2.62. The Morgan fingerprint density at radius 2 is 1.89 bits per heavy atom. The molecule has 0 saturated heterocycles. The fourth-order valence-corrected chi connectivity index (χ4v) is 3.41. The highest BCUT2D eigenvalue weighted by molar-refractivity contribution is 8.00. The van der Waals surface area contributed by atoms with Crippen LogP contribution in [0.4, 0.5) is 0 Å². The SMILES string of the molecule is CNC(=O)[C@H](C)N(Cc1cccc(OC)c1)C(=O)CSc1ccc(C)cc1. The third-order valence-corrected chi connectivity index (χ3v) is 5.28. The highest BCUT2D eigenvalue weighted by Gasteiger charge is 2.25. The Hall–Kier alpha value is -2.47. The third-order valence-electron chi connectivity index (χ3n) is 4.28. The minimum atomic E-state index is -0.563. The minimum Gasteiger partial charge on any atom is -0.497 e. The second-order valence-electron chi connectivity index (χ2n) is 6.27. The molecule has 0 unspecified atom stereocenters. The predicted molar refractivity (Wildman–Crippen MR) is 109 cm³/mol. The first-order valence-corrected chi connectivity index (χ1v) is 9.76. The van der Waals surface area contributed by atoms with Gasteiger partial charge in [-0.05, 0) is 43.7 Å². The van der Waals surface area contributed by atoms with Gasteiger partial charge in [0.1, 0.15) is 11.8 Å². The molecule has 6 heteroatoms. The van der Waals surface area contributed by atoms with E-state index in [0.717, 1.165) is 16.2 Å². The van der Waals surface area contributed by atoms with E-state index in [1.165, 1.54) is 17.3 Å². The van der Waals surface area contributed by atoms with Gasteiger partial charge in [-0.2, -0.15) is 0 Å². The van der Waals surface area contributed by atoms with Crippen molar-refractivity contribution >= 4 is 23.6 Å². The van der Waals surface area contributed by atoms with Crippen LogP contribution >= 0.6 is 11.8 Å². The first kappa shape index (κ1) is 20.8. The minimum absolute atomic E-state index is 0.0838. The van der Waals surface area contributed by atoms with Crippen LogP contribution in [0.15, 0.2) is 53.4 Å². The van der Waals surface area contributed by atoms with Crippen molar-refractivity contribution < 1.29 is 14.3 Å². The van der Waals surface area contributed by atoms with Gasteiger partial charge in [-0.15, -0.1) is 11.8 Å². The zero-order chi connectivity index (χ0) is 19.8. The molecule has 5 nitrogen and oxygen atoms in total. The van der Waals surface area contributed by atoms with Crippen molar-refractivity contribution in [2.45, 2.75) is 31.3 Å². The van der Waals surface area contributed by atoms with Gasteiger partial charge >= 0.3 is 0 Å². The zero-order valence-corrected chi connectivity index (χ0v) is 17.0. The Morgan fingerprint density at radius 3 is 2.52 bits per heavy atom. The molecular weight excluding hydrogens is 360 g/mol. The summed E-state index contributed by atoms with van der Waals surface area (Å²) in [6.07, 6.45) is 0. The molecule has 2 aromatic rings. The average molecular weight is 387 g/mol. The fraction of sp³-hybridized carbons (Fsp3) is 0.333. The first-order chi connectivity index (χ1) is 12.9. The number of thioether (sulfide) groups is 1. The smallest absolute Gasteiger partial charge is 0.242 e. The van der Waals surface area contributed by atoms with Gasteiger partial charge in [0, 0.05) is 18.5 Å². The molecule has 2 amide bonds. The molecule has 1 atom stereocenters. The van der Waals surface area contributed by atoms with Crippen molar-refractivity contribution in [3.63, 3.8) is 0 Å². The van der Waals surface area contributed by atoms with Crippen molar-refractivity contribution in [2.24, 2.45) is 0 Å². The summed E-state index contributed by atoms with van der Waals surface area (Å²) in [7, 11) is 3.18. The Bertz CT molecular complexity index is 777. The van der Waals surface area contributed by atoms with Gasteiger partial charge in [0.25, 0.3) is 0 Å². The van der Waals surface area contributed by atoms with Crippen molar-refractivity contribution in [1.29, 1.82) is 0 Å². The second kappa shape index (κ2) is 10.0. The topological polar surface area (TPSA) is 58.6 Å². The number of benzene rings is 2. The molecule has 27 heavy (non-hydrogen) atoms. The van der Waals surface area contributed by atoms with Crippen LogP contribution in [0.5, 0.6) is 5.75 Å². The number of hydrogen-bond acceptors (Lipinski definition) is 4. The van der Waals surface area contributed by atoms with Crippen LogP contribution < -0.4 is 10.1 Å². The van der Waals surface area contributed by atoms with Gasteiger partial charge in [-0.25, -0.2) is 0 Å². The molecule has 0 fully saturated rings. The largest absolute Gasteiger partial charge is 0.497 e. The normalized spacial score (nSPS) is 11.6. The summed E-state index contributed by atoms with van der Waals surface area (Å²) in [6, 6.07) is 15.0. The summed E-state index contributed by atoms with van der Waals surface area (Å²) < 4.78 is 5.25. The molecule has 1 N–H and O–H groups in total. The molecule has 0 spiro atoms. The first-order valence-electron chi connectivity index (χ1n) is 8.78. The number of amides is 2. The van der Waals surface area contributed by atoms with Gasteiger partial charge in [0.2, 0.25) is 11.8 Å². The van der Waals surface area contributed by atoms with E-state index in [0.29, 0.717) is 6.54 Å². The standard InChI is InChI=1S/C21H26N2O3S/c1-15-8-10-19(11-9-15)27-14-20(24)23(16(2)21(25)22-3)13-17-6-5-7-18(12-17)26-4/h5-12,16H,13-14H2,1-4H3,(H,22,25)/t16-/m0/s1. The average Bonchev–Trinajstić information content (AvgIpc) is 2.70. The number of hydrogen-bond donors (Lipinski definition) is 1. The van der Waals surface area contributed by atoms with Gasteiger partial charge in [0.15, 0.2) is 0 Å². The van der Waals surface area contributed by atoms with Crippen LogP contribution in [0.1, 0.15) is 18.1 Å². The van der Waals surface area contributed by atoms with Crippen molar-refractivity contribution in [1.82, 2.24) is 10.2 Å². The molecular formula is C21H26N2O3S. The van der Waals surface area contributed by atoms with Gasteiger partial charge in [-0.3, -0.25) is 9.59 Å². The summed E-state index contributed by atoms with van der Waals surface area (Å²) in [5.74, 6) is 0.724. The van der Waals surface area contributed by atoms with E-state index in [1.807, 2.05) is 55.5 Å². The van der Waals surface area contributed by atoms with E-state index in [4.69, 9.17) is 4.74 Å². The van der Waals surface area contributed by atoms with E-state index in [1.54, 1.807) is 26.0 Å². The number of nitrogens with zero attached hydrogens (tertiary/aromatic N) is 1. The van der Waals surface area contributed by atoms with E-state index in [2.05, 4.69) is 5.32 Å². The predicted octanol–water partition coefficient (Wildman–Crippen LogP) is 3.26. The van der Waals surface area contributed by atoms with Crippen LogP contribution in [0.3, 0.4) is 0 Å². The summed E-state index contributed by atoms with van der Waals surface area (Å²) in [5.41, 5.74) is 2.09. The van der Waals surface area contributed by atoms with Crippen LogP contribution in [-0.2, 0) is 16.1 Å². The molecule has 0 aliphatic heterocycles. The summed E-state index contributed by atoms with van der Waals surface area (Å²) in [5, 5.41) is 2.62. The monoisotopic (exact) mass is 386 g/mol. The number of ether oxygens (including phenoxy) is 1. The highest BCUT2D eigenvalue weighted by atomic mass is 32.2. The lowest BCUT2D eigenvalue weighted by molar-refractivity contribution is -0.138. The lowest BCUT2D eigenvalue weighted by atomic mass is 10.1. The van der Waals surface area contributed by atoms with Gasteiger partial charge in [-0.1, -0.05) is 29.8 Å². The maximum atomic E-state index is 12.9. The Balaban J connectivity index is 2.13. The van der Waals surface area contributed by atoms with E-state index < -0.39 is 6.04 Å². The number of carbonyl (C=O) groups is 2. The third kappa shape index (κ3) is 6.03. The lowest BCUT2D eigenvalue weighted by Crippen LogP contribution is -2.47. The summed E-state index contributed by atoms with van der Waals surface area (Å²) in [4.78, 5) is 27.7. The number of methoxy groups -OCH3 is 1. The number of rotatable bonds is 8. The quantitative estimate of drug-likeness (QED) is 0.708. The van der Waals surface area contributed by atoms with E-state index in [-0.39, 0.29) is 17.6 Å².